The maximum absolute atomic E-state index is 12.2. The average Bonchev–Trinajstić information content (AvgIpc) is 3.51. The van der Waals surface area contributed by atoms with Gasteiger partial charge >= 0.3 is 0 Å². The van der Waals surface area contributed by atoms with Crippen molar-refractivity contribution in [3.63, 3.8) is 0 Å². The normalized spacial score (nSPS) is 40.1. The van der Waals surface area contributed by atoms with Crippen LogP contribution in [-0.2, 0) is 9.47 Å². The second kappa shape index (κ2) is 9.03. The van der Waals surface area contributed by atoms with E-state index >= 15 is 0 Å². The number of piperidine rings is 1. The van der Waals surface area contributed by atoms with Crippen molar-refractivity contribution in [3.05, 3.63) is 51.1 Å². The van der Waals surface area contributed by atoms with E-state index in [4.69, 9.17) is 9.47 Å². The highest BCUT2D eigenvalue weighted by molar-refractivity contribution is 5.51. The minimum Gasteiger partial charge on any atom is -0.385 e. The minimum absolute atomic E-state index is 0.00690. The van der Waals surface area contributed by atoms with E-state index in [1.165, 1.54) is 41.7 Å². The molecule has 1 aromatic rings. The van der Waals surface area contributed by atoms with Crippen LogP contribution in [0.4, 0.5) is 5.69 Å². The van der Waals surface area contributed by atoms with Gasteiger partial charge in [0, 0.05) is 54.3 Å². The Bertz CT molecular complexity index is 1120. The van der Waals surface area contributed by atoms with Crippen molar-refractivity contribution in [2.24, 2.45) is 17.3 Å². The SMILES string of the molecule is C[C@]12C[C@H](c3ccc(N4CCCCC4)cc3)C3=C4CCC5(C[C@]4(O)CC[C@H]3[C@@H]1CC[C@@H]2[N+](=O)[O-])OCCO5. The van der Waals surface area contributed by atoms with Gasteiger partial charge in [0.05, 0.1) is 18.8 Å². The number of allylic oxidation sites excluding steroid dienone is 1. The summed E-state index contributed by atoms with van der Waals surface area (Å²) in [7, 11) is 0. The zero-order valence-corrected chi connectivity index (χ0v) is 22.7. The molecule has 206 valence electrons. The van der Waals surface area contributed by atoms with E-state index in [1.54, 1.807) is 0 Å². The number of nitro groups is 1. The summed E-state index contributed by atoms with van der Waals surface area (Å²) in [5.41, 5.74) is 3.91. The molecular formula is C31H42N2O5. The average molecular weight is 523 g/mol. The number of fused-ring (bicyclic) bond motifs is 4. The summed E-state index contributed by atoms with van der Waals surface area (Å²) in [6.45, 7) is 5.62. The smallest absolute Gasteiger partial charge is 0.218 e. The van der Waals surface area contributed by atoms with Crippen LogP contribution in [0.2, 0.25) is 0 Å². The van der Waals surface area contributed by atoms with E-state index in [9.17, 15) is 15.2 Å². The molecule has 0 radical (unpaired) electrons. The summed E-state index contributed by atoms with van der Waals surface area (Å²) in [5.74, 6) is 0.0761. The second-order valence-electron chi connectivity index (χ2n) is 13.3. The number of hydrogen-bond acceptors (Lipinski definition) is 6. The Morgan fingerprint density at radius 2 is 1.76 bits per heavy atom. The van der Waals surface area contributed by atoms with Gasteiger partial charge in [-0.25, -0.2) is 0 Å². The largest absolute Gasteiger partial charge is 0.385 e. The molecule has 0 aromatic heterocycles. The Morgan fingerprint density at radius 1 is 1.03 bits per heavy atom. The molecule has 2 saturated heterocycles. The van der Waals surface area contributed by atoms with E-state index in [1.807, 2.05) is 0 Å². The van der Waals surface area contributed by atoms with Gasteiger partial charge in [-0.1, -0.05) is 24.6 Å². The molecule has 2 heterocycles. The first-order chi connectivity index (χ1) is 18.3. The second-order valence-corrected chi connectivity index (χ2v) is 13.3. The summed E-state index contributed by atoms with van der Waals surface area (Å²) >= 11 is 0. The quantitative estimate of drug-likeness (QED) is 0.316. The number of hydrogen-bond donors (Lipinski definition) is 1. The minimum atomic E-state index is -0.907. The topological polar surface area (TPSA) is 85.1 Å². The summed E-state index contributed by atoms with van der Waals surface area (Å²) < 4.78 is 12.1. The molecule has 6 aliphatic rings. The molecule has 0 amide bonds. The Hall–Kier alpha value is -1.96. The molecular weight excluding hydrogens is 480 g/mol. The number of rotatable bonds is 3. The first-order valence-corrected chi connectivity index (χ1v) is 15.0. The maximum atomic E-state index is 12.2. The Morgan fingerprint density at radius 3 is 2.47 bits per heavy atom. The van der Waals surface area contributed by atoms with Crippen LogP contribution < -0.4 is 4.90 Å². The fourth-order valence-corrected chi connectivity index (χ4v) is 9.70. The highest BCUT2D eigenvalue weighted by atomic mass is 16.7. The molecule has 0 unspecified atom stereocenters. The van der Waals surface area contributed by atoms with Crippen LogP contribution in [-0.4, -0.2) is 53.8 Å². The fraction of sp³-hybridized carbons (Fsp3) is 0.742. The zero-order valence-electron chi connectivity index (χ0n) is 22.7. The predicted octanol–water partition coefficient (Wildman–Crippen LogP) is 5.59. The van der Waals surface area contributed by atoms with E-state index in [2.05, 4.69) is 36.1 Å². The zero-order chi connectivity index (χ0) is 26.1. The lowest BCUT2D eigenvalue weighted by atomic mass is 9.51. The lowest BCUT2D eigenvalue weighted by Crippen LogP contribution is -2.54. The molecule has 4 aliphatic carbocycles. The van der Waals surface area contributed by atoms with Crippen molar-refractivity contribution < 1.29 is 19.5 Å². The van der Waals surface area contributed by atoms with Crippen molar-refractivity contribution in [2.75, 3.05) is 31.2 Å². The molecule has 7 nitrogen and oxygen atoms in total. The van der Waals surface area contributed by atoms with Crippen LogP contribution in [0.5, 0.6) is 0 Å². The van der Waals surface area contributed by atoms with Gasteiger partial charge in [0.15, 0.2) is 5.79 Å². The van der Waals surface area contributed by atoms with Crippen LogP contribution >= 0.6 is 0 Å². The van der Waals surface area contributed by atoms with E-state index in [0.717, 1.165) is 45.2 Å². The van der Waals surface area contributed by atoms with E-state index < -0.39 is 17.4 Å². The van der Waals surface area contributed by atoms with Crippen molar-refractivity contribution in [1.82, 2.24) is 0 Å². The summed E-state index contributed by atoms with van der Waals surface area (Å²) in [6.07, 6.45) is 9.83. The highest BCUT2D eigenvalue weighted by Crippen LogP contribution is 2.65. The Labute approximate surface area is 225 Å². The third-order valence-corrected chi connectivity index (χ3v) is 11.4. The lowest BCUT2D eigenvalue weighted by Gasteiger charge is -2.55. The van der Waals surface area contributed by atoms with Crippen LogP contribution in [0.15, 0.2) is 35.4 Å². The van der Waals surface area contributed by atoms with Gasteiger partial charge in [-0.2, -0.15) is 0 Å². The number of benzene rings is 1. The number of nitrogens with zero attached hydrogens (tertiary/aromatic N) is 2. The third-order valence-electron chi connectivity index (χ3n) is 11.4. The fourth-order valence-electron chi connectivity index (χ4n) is 9.70. The van der Waals surface area contributed by atoms with Gasteiger partial charge in [0.2, 0.25) is 6.04 Å². The van der Waals surface area contributed by atoms with Crippen molar-refractivity contribution in [3.8, 4) is 0 Å². The van der Waals surface area contributed by atoms with Gasteiger partial charge in [-0.15, -0.1) is 0 Å². The number of aliphatic hydroxyl groups is 1. The molecule has 0 bridgehead atoms. The molecule has 1 spiro atoms. The van der Waals surface area contributed by atoms with Crippen molar-refractivity contribution in [1.29, 1.82) is 0 Å². The van der Waals surface area contributed by atoms with Gasteiger partial charge in [-0.3, -0.25) is 10.1 Å². The highest BCUT2D eigenvalue weighted by Gasteiger charge is 2.63. The Kier molecular flexibility index (Phi) is 5.95. The third kappa shape index (κ3) is 3.79. The Balaban J connectivity index is 1.30. The molecule has 1 aromatic carbocycles. The van der Waals surface area contributed by atoms with Crippen molar-refractivity contribution >= 4 is 5.69 Å². The van der Waals surface area contributed by atoms with Gasteiger partial charge < -0.3 is 19.5 Å². The number of anilines is 1. The van der Waals surface area contributed by atoms with Crippen molar-refractivity contribution in [2.45, 2.75) is 101 Å². The maximum Gasteiger partial charge on any atom is 0.218 e. The van der Waals surface area contributed by atoms with Crippen LogP contribution in [0.25, 0.3) is 0 Å². The molecule has 38 heavy (non-hydrogen) atoms. The van der Waals surface area contributed by atoms with Gasteiger partial charge in [0.1, 0.15) is 0 Å². The molecule has 6 atom stereocenters. The molecule has 1 N–H and O–H groups in total. The first-order valence-electron chi connectivity index (χ1n) is 15.0. The molecule has 3 saturated carbocycles. The first kappa shape index (κ1) is 25.0. The van der Waals surface area contributed by atoms with Crippen LogP contribution in [0.3, 0.4) is 0 Å². The van der Waals surface area contributed by atoms with Crippen LogP contribution in [0.1, 0.15) is 89.0 Å². The predicted molar refractivity (Wildman–Crippen MR) is 145 cm³/mol. The number of ether oxygens (including phenoxy) is 2. The summed E-state index contributed by atoms with van der Waals surface area (Å²) in [4.78, 5) is 14.7. The van der Waals surface area contributed by atoms with Gasteiger partial charge in [0.25, 0.3) is 0 Å². The summed E-state index contributed by atoms with van der Waals surface area (Å²) in [5, 5.41) is 24.4. The van der Waals surface area contributed by atoms with Gasteiger partial charge in [-0.05, 0) is 86.5 Å². The molecule has 2 aliphatic heterocycles. The molecule has 7 rings (SSSR count). The molecule has 5 fully saturated rings. The summed E-state index contributed by atoms with van der Waals surface area (Å²) in [6, 6.07) is 8.60. The van der Waals surface area contributed by atoms with E-state index in [-0.39, 0.29) is 16.3 Å². The lowest BCUT2D eigenvalue weighted by molar-refractivity contribution is -0.540. The monoisotopic (exact) mass is 522 g/mol. The van der Waals surface area contributed by atoms with E-state index in [0.29, 0.717) is 44.3 Å². The standard InChI is InChI=1S/C31H42N2O5/c1-29-19-24(21-5-7-22(8-6-21)32-15-3-2-4-16-32)28-23(25(29)9-10-27(29)33(35)36)11-13-30(34)20-31(14-12-26(28)30)37-17-18-38-31/h5-8,23-25,27,34H,2-4,9-20H2,1H3/t23-,24+,25-,27-,29-,30+/m0/s1. The molecule has 7 heteroatoms. The van der Waals surface area contributed by atoms with Crippen LogP contribution in [0, 0.1) is 27.4 Å².